The van der Waals surface area contributed by atoms with Gasteiger partial charge in [0.2, 0.25) is 5.76 Å². The molecule has 1 aromatic rings. The summed E-state index contributed by atoms with van der Waals surface area (Å²) >= 11 is 0. The first-order chi connectivity index (χ1) is 8.52. The fraction of sp³-hybridized carbons (Fsp3) is 0.538. The third-order valence-corrected chi connectivity index (χ3v) is 2.42. The Morgan fingerprint density at radius 3 is 2.78 bits per heavy atom. The molecule has 1 N–H and O–H groups in total. The lowest BCUT2D eigenvalue weighted by Gasteiger charge is -2.21. The molecule has 0 spiro atoms. The maximum atomic E-state index is 10.7. The van der Waals surface area contributed by atoms with Gasteiger partial charge in [-0.05, 0) is 18.1 Å². The number of furan rings is 1. The molecule has 0 aliphatic carbocycles. The average Bonchev–Trinajstić information content (AvgIpc) is 2.73. The van der Waals surface area contributed by atoms with Gasteiger partial charge in [0, 0.05) is 19.5 Å². The van der Waals surface area contributed by atoms with Gasteiger partial charge in [-0.15, -0.1) is 0 Å². The molecule has 0 saturated heterocycles. The molecular formula is C13H18N2O3. The summed E-state index contributed by atoms with van der Waals surface area (Å²) in [4.78, 5) is 12.8. The second-order valence-corrected chi connectivity index (χ2v) is 4.61. The van der Waals surface area contributed by atoms with Crippen molar-refractivity contribution >= 4 is 5.97 Å². The molecule has 5 nitrogen and oxygen atoms in total. The van der Waals surface area contributed by atoms with E-state index in [4.69, 9.17) is 14.8 Å². The lowest BCUT2D eigenvalue weighted by molar-refractivity contribution is 0.0658. The van der Waals surface area contributed by atoms with E-state index >= 15 is 0 Å². The third-order valence-electron chi connectivity index (χ3n) is 2.42. The highest BCUT2D eigenvalue weighted by atomic mass is 16.4. The normalized spacial score (nSPS) is 10.8. The van der Waals surface area contributed by atoms with Crippen molar-refractivity contribution in [3.8, 4) is 6.07 Å². The van der Waals surface area contributed by atoms with Crippen LogP contribution in [0, 0.1) is 17.2 Å². The number of aromatic carboxylic acids is 1. The molecule has 1 rings (SSSR count). The molecule has 98 valence electrons. The first-order valence-electron chi connectivity index (χ1n) is 5.94. The molecule has 0 fully saturated rings. The number of carboxylic acid groups (broad SMARTS) is 1. The standard InChI is InChI=1S/C13H18N2O3/c1-10(2)8-15(7-3-6-14)9-11-4-5-12(18-11)13(16)17/h4-5,10H,3,7-9H2,1-2H3,(H,16,17). The van der Waals surface area contributed by atoms with Gasteiger partial charge in [-0.3, -0.25) is 4.90 Å². The van der Waals surface area contributed by atoms with Crippen LogP contribution in [-0.2, 0) is 6.54 Å². The van der Waals surface area contributed by atoms with Gasteiger partial charge in [-0.2, -0.15) is 5.26 Å². The number of carboxylic acids is 1. The van der Waals surface area contributed by atoms with Gasteiger partial charge < -0.3 is 9.52 Å². The Hall–Kier alpha value is -1.80. The van der Waals surface area contributed by atoms with Gasteiger partial charge in [0.05, 0.1) is 12.6 Å². The van der Waals surface area contributed by atoms with Crippen molar-refractivity contribution < 1.29 is 14.3 Å². The zero-order chi connectivity index (χ0) is 13.5. The van der Waals surface area contributed by atoms with Gasteiger partial charge in [0.1, 0.15) is 5.76 Å². The SMILES string of the molecule is CC(C)CN(CCC#N)Cc1ccc(C(=O)O)o1. The maximum absolute atomic E-state index is 10.7. The summed E-state index contributed by atoms with van der Waals surface area (Å²) in [6, 6.07) is 5.24. The number of carbonyl (C=O) groups is 1. The van der Waals surface area contributed by atoms with Crippen molar-refractivity contribution in [2.45, 2.75) is 26.8 Å². The van der Waals surface area contributed by atoms with Gasteiger partial charge in [0.25, 0.3) is 0 Å². The summed E-state index contributed by atoms with van der Waals surface area (Å²) in [6.07, 6.45) is 0.458. The van der Waals surface area contributed by atoms with Crippen LogP contribution in [-0.4, -0.2) is 29.1 Å². The number of hydrogen-bond acceptors (Lipinski definition) is 4. The Morgan fingerprint density at radius 2 is 2.28 bits per heavy atom. The van der Waals surface area contributed by atoms with Crippen LogP contribution in [0.3, 0.4) is 0 Å². The van der Waals surface area contributed by atoms with Crippen LogP contribution >= 0.6 is 0 Å². The zero-order valence-electron chi connectivity index (χ0n) is 10.7. The number of rotatable bonds is 7. The molecule has 0 unspecified atom stereocenters. The van der Waals surface area contributed by atoms with Gasteiger partial charge in [0.15, 0.2) is 0 Å². The minimum absolute atomic E-state index is 0.0465. The Bertz CT molecular complexity index is 432. The lowest BCUT2D eigenvalue weighted by atomic mass is 10.2. The van der Waals surface area contributed by atoms with Crippen LogP contribution < -0.4 is 0 Å². The number of nitriles is 1. The summed E-state index contributed by atoms with van der Waals surface area (Å²) in [7, 11) is 0. The zero-order valence-corrected chi connectivity index (χ0v) is 10.7. The van der Waals surface area contributed by atoms with Gasteiger partial charge in [-0.1, -0.05) is 13.8 Å². The molecule has 0 radical (unpaired) electrons. The molecule has 1 aromatic heterocycles. The van der Waals surface area contributed by atoms with Crippen LogP contribution in [0.5, 0.6) is 0 Å². The van der Waals surface area contributed by atoms with E-state index in [1.807, 2.05) is 0 Å². The highest BCUT2D eigenvalue weighted by molar-refractivity contribution is 5.84. The van der Waals surface area contributed by atoms with E-state index in [-0.39, 0.29) is 5.76 Å². The highest BCUT2D eigenvalue weighted by Crippen LogP contribution is 2.12. The van der Waals surface area contributed by atoms with E-state index in [1.54, 1.807) is 6.07 Å². The van der Waals surface area contributed by atoms with Gasteiger partial charge in [-0.25, -0.2) is 4.79 Å². The third kappa shape index (κ3) is 4.60. The molecule has 0 amide bonds. The van der Waals surface area contributed by atoms with E-state index in [2.05, 4.69) is 24.8 Å². The minimum atomic E-state index is -1.06. The molecular weight excluding hydrogens is 232 g/mol. The topological polar surface area (TPSA) is 77.5 Å². The lowest BCUT2D eigenvalue weighted by Crippen LogP contribution is -2.28. The van der Waals surface area contributed by atoms with Crippen LogP contribution in [0.2, 0.25) is 0 Å². The quantitative estimate of drug-likeness (QED) is 0.803. The van der Waals surface area contributed by atoms with E-state index in [9.17, 15) is 4.79 Å². The van der Waals surface area contributed by atoms with Crippen LogP contribution in [0.4, 0.5) is 0 Å². The molecule has 0 aliphatic rings. The molecule has 0 aromatic carbocycles. The fourth-order valence-electron chi connectivity index (χ4n) is 1.76. The van der Waals surface area contributed by atoms with E-state index in [0.717, 1.165) is 6.54 Å². The Morgan fingerprint density at radius 1 is 1.56 bits per heavy atom. The molecule has 5 heteroatoms. The van der Waals surface area contributed by atoms with Crippen molar-refractivity contribution in [1.29, 1.82) is 5.26 Å². The summed E-state index contributed by atoms with van der Waals surface area (Å²) in [5.41, 5.74) is 0. The number of nitrogens with zero attached hydrogens (tertiary/aromatic N) is 2. The van der Waals surface area contributed by atoms with Crippen molar-refractivity contribution in [3.63, 3.8) is 0 Å². The number of hydrogen-bond donors (Lipinski definition) is 1. The summed E-state index contributed by atoms with van der Waals surface area (Å²) in [6.45, 7) is 6.25. The van der Waals surface area contributed by atoms with Crippen LogP contribution in [0.15, 0.2) is 16.5 Å². The maximum Gasteiger partial charge on any atom is 0.371 e. The van der Waals surface area contributed by atoms with Crippen LogP contribution in [0.25, 0.3) is 0 Å². The first kappa shape index (κ1) is 14.3. The summed E-state index contributed by atoms with van der Waals surface area (Å²) in [5.74, 6) is -0.00736. The molecule has 1 heterocycles. The van der Waals surface area contributed by atoms with E-state index in [0.29, 0.717) is 31.2 Å². The smallest absolute Gasteiger partial charge is 0.371 e. The Labute approximate surface area is 107 Å². The Balaban J connectivity index is 2.63. The molecule has 0 bridgehead atoms. The van der Waals surface area contributed by atoms with E-state index < -0.39 is 5.97 Å². The van der Waals surface area contributed by atoms with Gasteiger partial charge >= 0.3 is 5.97 Å². The summed E-state index contributed by atoms with van der Waals surface area (Å²) < 4.78 is 5.21. The fourth-order valence-corrected chi connectivity index (χ4v) is 1.76. The second-order valence-electron chi connectivity index (χ2n) is 4.61. The highest BCUT2D eigenvalue weighted by Gasteiger charge is 2.13. The predicted octanol–water partition coefficient (Wildman–Crippen LogP) is 2.35. The Kier molecular flexibility index (Phi) is 5.40. The molecule has 18 heavy (non-hydrogen) atoms. The van der Waals surface area contributed by atoms with Crippen molar-refractivity contribution in [2.24, 2.45) is 5.92 Å². The van der Waals surface area contributed by atoms with E-state index in [1.165, 1.54) is 6.07 Å². The molecule has 0 aliphatic heterocycles. The molecule has 0 atom stereocenters. The molecule has 0 saturated carbocycles. The van der Waals surface area contributed by atoms with Crippen molar-refractivity contribution in [1.82, 2.24) is 4.90 Å². The van der Waals surface area contributed by atoms with Crippen molar-refractivity contribution in [3.05, 3.63) is 23.7 Å². The second kappa shape index (κ2) is 6.82. The average molecular weight is 250 g/mol. The minimum Gasteiger partial charge on any atom is -0.475 e. The predicted molar refractivity (Wildman–Crippen MR) is 66.0 cm³/mol. The summed E-state index contributed by atoms with van der Waals surface area (Å²) in [5, 5.41) is 17.4. The largest absolute Gasteiger partial charge is 0.475 e. The van der Waals surface area contributed by atoms with Crippen LogP contribution in [0.1, 0.15) is 36.6 Å². The monoisotopic (exact) mass is 250 g/mol. The van der Waals surface area contributed by atoms with Crippen molar-refractivity contribution in [2.75, 3.05) is 13.1 Å². The first-order valence-corrected chi connectivity index (χ1v) is 5.94.